The van der Waals surface area contributed by atoms with Crippen LogP contribution >= 0.6 is 0 Å². The average molecular weight is 272 g/mol. The normalized spacial score (nSPS) is 17.9. The molecule has 20 heavy (non-hydrogen) atoms. The molecule has 0 N–H and O–H groups in total. The van der Waals surface area contributed by atoms with Gasteiger partial charge in [-0.15, -0.1) is 0 Å². The predicted octanol–water partition coefficient (Wildman–Crippen LogP) is 5.22. The molecule has 0 unspecified atom stereocenters. The summed E-state index contributed by atoms with van der Waals surface area (Å²) in [7, 11) is 0. The van der Waals surface area contributed by atoms with Gasteiger partial charge in [-0.05, 0) is 36.1 Å². The van der Waals surface area contributed by atoms with Crippen LogP contribution in [0, 0.1) is 11.6 Å². The summed E-state index contributed by atoms with van der Waals surface area (Å²) < 4.78 is 28.6. The zero-order chi connectivity index (χ0) is 14.0. The minimum absolute atomic E-state index is 0.224. The van der Waals surface area contributed by atoms with Crippen molar-refractivity contribution in [2.24, 2.45) is 0 Å². The summed E-state index contributed by atoms with van der Waals surface area (Å²) in [5.41, 5.74) is 0.782. The van der Waals surface area contributed by atoms with Gasteiger partial charge in [0.25, 0.3) is 0 Å². The van der Waals surface area contributed by atoms with E-state index in [0.717, 1.165) is 32.1 Å². The molecule has 2 aromatic rings. The highest BCUT2D eigenvalue weighted by atomic mass is 19.1. The maximum atomic E-state index is 14.3. The van der Waals surface area contributed by atoms with E-state index < -0.39 is 5.41 Å². The monoisotopic (exact) mass is 272 g/mol. The molecule has 0 aromatic heterocycles. The molecule has 0 bridgehead atoms. The third kappa shape index (κ3) is 2.13. The van der Waals surface area contributed by atoms with E-state index in [2.05, 4.69) is 0 Å². The first-order valence-electron chi connectivity index (χ1n) is 7.24. The van der Waals surface area contributed by atoms with E-state index in [9.17, 15) is 8.78 Å². The van der Waals surface area contributed by atoms with Crippen LogP contribution in [0.1, 0.15) is 43.2 Å². The van der Waals surface area contributed by atoms with Gasteiger partial charge in [-0.3, -0.25) is 0 Å². The van der Waals surface area contributed by atoms with Crippen LogP contribution in [0.5, 0.6) is 0 Å². The van der Waals surface area contributed by atoms with Gasteiger partial charge < -0.3 is 0 Å². The van der Waals surface area contributed by atoms with Gasteiger partial charge in [-0.25, -0.2) is 8.78 Å². The van der Waals surface area contributed by atoms with Gasteiger partial charge >= 0.3 is 0 Å². The fraction of sp³-hybridized carbons (Fsp3) is 0.333. The van der Waals surface area contributed by atoms with Crippen molar-refractivity contribution in [3.63, 3.8) is 0 Å². The molecule has 104 valence electrons. The van der Waals surface area contributed by atoms with Gasteiger partial charge in [0.15, 0.2) is 0 Å². The molecule has 1 saturated carbocycles. The van der Waals surface area contributed by atoms with Crippen molar-refractivity contribution in [2.75, 3.05) is 0 Å². The fourth-order valence-electron chi connectivity index (χ4n) is 3.54. The number of hydrogen-bond donors (Lipinski definition) is 0. The Morgan fingerprint density at radius 3 is 1.55 bits per heavy atom. The van der Waals surface area contributed by atoms with E-state index in [4.69, 9.17) is 0 Å². The summed E-state index contributed by atoms with van der Waals surface area (Å²) in [5, 5.41) is 0. The second kappa shape index (κ2) is 5.35. The minimum atomic E-state index is -0.505. The Morgan fingerprint density at radius 2 is 1.10 bits per heavy atom. The Hall–Kier alpha value is -1.70. The summed E-state index contributed by atoms with van der Waals surface area (Å²) in [6.07, 6.45) is 4.81. The molecule has 1 aliphatic rings. The second-order valence-electron chi connectivity index (χ2n) is 5.60. The zero-order valence-corrected chi connectivity index (χ0v) is 11.4. The van der Waals surface area contributed by atoms with Crippen molar-refractivity contribution in [3.05, 3.63) is 71.3 Å². The first-order chi connectivity index (χ1) is 9.74. The highest BCUT2D eigenvalue weighted by Crippen LogP contribution is 2.46. The third-order valence-corrected chi connectivity index (χ3v) is 4.49. The highest BCUT2D eigenvalue weighted by molar-refractivity contribution is 5.41. The van der Waals surface area contributed by atoms with Crippen LogP contribution in [0.15, 0.2) is 48.5 Å². The summed E-state index contributed by atoms with van der Waals surface area (Å²) >= 11 is 0. The molecule has 1 aliphatic carbocycles. The first-order valence-corrected chi connectivity index (χ1v) is 7.24. The third-order valence-electron chi connectivity index (χ3n) is 4.49. The number of rotatable bonds is 2. The van der Waals surface area contributed by atoms with Crippen LogP contribution < -0.4 is 0 Å². The van der Waals surface area contributed by atoms with Crippen LogP contribution in [0.2, 0.25) is 0 Å². The molecule has 1 fully saturated rings. The fourth-order valence-corrected chi connectivity index (χ4v) is 3.54. The molecule has 2 heteroatoms. The molecule has 0 nitrogen and oxygen atoms in total. The Labute approximate surface area is 118 Å². The number of halogens is 2. The lowest BCUT2D eigenvalue weighted by Gasteiger charge is -2.38. The predicted molar refractivity (Wildman–Crippen MR) is 76.7 cm³/mol. The van der Waals surface area contributed by atoms with Crippen LogP contribution in [0.25, 0.3) is 0 Å². The number of benzene rings is 2. The molecule has 0 radical (unpaired) electrons. The lowest BCUT2D eigenvalue weighted by Crippen LogP contribution is -2.32. The Balaban J connectivity index is 2.20. The van der Waals surface area contributed by atoms with Gasteiger partial charge in [0.2, 0.25) is 0 Å². The van der Waals surface area contributed by atoms with Crippen LogP contribution in [0.4, 0.5) is 8.78 Å². The molecule has 0 heterocycles. The second-order valence-corrected chi connectivity index (χ2v) is 5.60. The van der Waals surface area contributed by atoms with Gasteiger partial charge in [0.1, 0.15) is 11.6 Å². The quantitative estimate of drug-likeness (QED) is 0.703. The van der Waals surface area contributed by atoms with Crippen LogP contribution in [0.3, 0.4) is 0 Å². The van der Waals surface area contributed by atoms with E-state index in [-0.39, 0.29) is 11.6 Å². The van der Waals surface area contributed by atoms with Gasteiger partial charge in [-0.2, -0.15) is 0 Å². The van der Waals surface area contributed by atoms with E-state index in [1.807, 2.05) is 24.3 Å². The van der Waals surface area contributed by atoms with Crippen molar-refractivity contribution >= 4 is 0 Å². The zero-order valence-electron chi connectivity index (χ0n) is 11.4. The van der Waals surface area contributed by atoms with Crippen molar-refractivity contribution < 1.29 is 8.78 Å². The molecule has 0 amide bonds. The Bertz CT molecular complexity index is 550. The van der Waals surface area contributed by atoms with Gasteiger partial charge in [0.05, 0.1) is 0 Å². The lowest BCUT2D eigenvalue weighted by atomic mass is 9.65. The summed E-state index contributed by atoms with van der Waals surface area (Å²) in [5.74, 6) is -0.449. The SMILES string of the molecule is Fc1ccccc1C1(c2ccccc2F)CCCCC1. The molecule has 0 saturated heterocycles. The van der Waals surface area contributed by atoms with E-state index in [1.54, 1.807) is 12.1 Å². The first kappa shape index (κ1) is 13.3. The standard InChI is InChI=1S/C18H18F2/c19-16-10-4-2-8-14(16)18(12-6-1-7-13-18)15-9-3-5-11-17(15)20/h2-5,8-11H,1,6-7,12-13H2. The maximum Gasteiger partial charge on any atom is 0.127 e. The van der Waals surface area contributed by atoms with Crippen LogP contribution in [-0.4, -0.2) is 0 Å². The Kier molecular flexibility index (Phi) is 3.56. The van der Waals surface area contributed by atoms with E-state index >= 15 is 0 Å². The number of hydrogen-bond acceptors (Lipinski definition) is 0. The largest absolute Gasteiger partial charge is 0.207 e. The summed E-state index contributed by atoms with van der Waals surface area (Å²) in [6, 6.07) is 13.7. The molecular weight excluding hydrogens is 254 g/mol. The van der Waals surface area contributed by atoms with Crippen molar-refractivity contribution in [2.45, 2.75) is 37.5 Å². The molecule has 0 atom stereocenters. The van der Waals surface area contributed by atoms with Gasteiger partial charge in [-0.1, -0.05) is 55.7 Å². The maximum absolute atomic E-state index is 14.3. The molecule has 3 rings (SSSR count). The van der Waals surface area contributed by atoms with E-state index in [0.29, 0.717) is 11.1 Å². The summed E-state index contributed by atoms with van der Waals surface area (Å²) in [4.78, 5) is 0. The van der Waals surface area contributed by atoms with Crippen molar-refractivity contribution in [3.8, 4) is 0 Å². The average Bonchev–Trinajstić information content (AvgIpc) is 2.49. The molecule has 0 aliphatic heterocycles. The molecule has 0 spiro atoms. The Morgan fingerprint density at radius 1 is 0.650 bits per heavy atom. The highest BCUT2D eigenvalue weighted by Gasteiger charge is 2.39. The minimum Gasteiger partial charge on any atom is -0.207 e. The topological polar surface area (TPSA) is 0 Å². The molecular formula is C18H18F2. The van der Waals surface area contributed by atoms with Crippen molar-refractivity contribution in [1.82, 2.24) is 0 Å². The molecule has 2 aromatic carbocycles. The summed E-state index contributed by atoms with van der Waals surface area (Å²) in [6.45, 7) is 0. The smallest absolute Gasteiger partial charge is 0.127 e. The van der Waals surface area contributed by atoms with Crippen molar-refractivity contribution in [1.29, 1.82) is 0 Å². The van der Waals surface area contributed by atoms with Crippen LogP contribution in [-0.2, 0) is 5.41 Å². The lowest BCUT2D eigenvalue weighted by molar-refractivity contribution is 0.325. The van der Waals surface area contributed by atoms with E-state index in [1.165, 1.54) is 12.1 Å². The van der Waals surface area contributed by atoms with Gasteiger partial charge in [0, 0.05) is 5.41 Å².